The van der Waals surface area contributed by atoms with Gasteiger partial charge < -0.3 is 4.74 Å². The number of allylic oxidation sites excluding steroid dienone is 8. The number of carbonyl (C=O) groups is 1. The van der Waals surface area contributed by atoms with Crippen LogP contribution in [0.4, 0.5) is 0 Å². The van der Waals surface area contributed by atoms with Crippen molar-refractivity contribution < 1.29 is 9.53 Å². The van der Waals surface area contributed by atoms with Gasteiger partial charge in [0.05, 0.1) is 7.11 Å². The van der Waals surface area contributed by atoms with E-state index in [1.165, 1.54) is 23.8 Å². The van der Waals surface area contributed by atoms with Crippen molar-refractivity contribution in [3.05, 3.63) is 100.0 Å². The summed E-state index contributed by atoms with van der Waals surface area (Å²) in [5, 5.41) is 1.96. The molecule has 36 heavy (non-hydrogen) atoms. The fourth-order valence-electron chi connectivity index (χ4n) is 3.43. The fraction of sp³-hybridized carbons (Fsp3) is 0.258. The highest BCUT2D eigenvalue weighted by Crippen LogP contribution is 2.33. The number of rotatable bonds is 7. The van der Waals surface area contributed by atoms with Crippen molar-refractivity contribution in [3.8, 4) is 5.75 Å². The number of hydrogen-bond acceptors (Lipinski definition) is 2. The molecular weight excluding hydrogens is 511 g/mol. The Kier molecular flexibility index (Phi) is 10.4. The van der Waals surface area contributed by atoms with E-state index < -0.39 is 3.79 Å². The van der Waals surface area contributed by atoms with E-state index in [0.717, 1.165) is 38.5 Å². The van der Waals surface area contributed by atoms with Gasteiger partial charge in [-0.3, -0.25) is 4.79 Å². The van der Waals surface area contributed by atoms with Crippen molar-refractivity contribution in [1.82, 2.24) is 0 Å². The van der Waals surface area contributed by atoms with Crippen molar-refractivity contribution in [2.45, 2.75) is 38.4 Å². The van der Waals surface area contributed by atoms with Crippen LogP contribution in [0.2, 0.25) is 0 Å². The highest BCUT2D eigenvalue weighted by atomic mass is 35.6. The number of benzene rings is 2. The van der Waals surface area contributed by atoms with E-state index in [9.17, 15) is 4.79 Å². The van der Waals surface area contributed by atoms with Crippen LogP contribution in [0.3, 0.4) is 0 Å². The van der Waals surface area contributed by atoms with Gasteiger partial charge in [0.25, 0.3) is 0 Å². The van der Waals surface area contributed by atoms with Gasteiger partial charge in [0.15, 0.2) is 5.78 Å². The minimum absolute atomic E-state index is 0.0545. The lowest BCUT2D eigenvalue weighted by atomic mass is 9.83. The molecule has 5 heteroatoms. The maximum Gasteiger partial charge on any atom is 0.209 e. The molecule has 2 aromatic carbocycles. The number of alkyl halides is 3. The number of ketones is 1. The summed E-state index contributed by atoms with van der Waals surface area (Å²) in [5.74, 6) is 0.450. The van der Waals surface area contributed by atoms with Crippen molar-refractivity contribution in [2.24, 2.45) is 5.41 Å². The molecule has 0 heterocycles. The van der Waals surface area contributed by atoms with Crippen molar-refractivity contribution in [3.63, 3.8) is 0 Å². The molecule has 0 aliphatic carbocycles. The zero-order chi connectivity index (χ0) is 27.1. The van der Waals surface area contributed by atoms with Crippen LogP contribution in [0.1, 0.15) is 45.7 Å². The third-order valence-corrected chi connectivity index (χ3v) is 6.24. The number of carbonyl (C=O) groups excluding carboxylic acids is 1. The van der Waals surface area contributed by atoms with E-state index in [2.05, 4.69) is 52.5 Å². The van der Waals surface area contributed by atoms with Crippen LogP contribution in [0, 0.1) is 5.41 Å². The summed E-state index contributed by atoms with van der Waals surface area (Å²) in [6, 6.07) is 13.8. The van der Waals surface area contributed by atoms with E-state index in [-0.39, 0.29) is 11.2 Å². The summed E-state index contributed by atoms with van der Waals surface area (Å²) in [7, 11) is 1.63. The van der Waals surface area contributed by atoms with Gasteiger partial charge in [0.1, 0.15) is 5.75 Å². The predicted octanol–water partition coefficient (Wildman–Crippen LogP) is 7.86. The number of ether oxygens (including phenoxy) is 1. The minimum atomic E-state index is -1.64. The number of halogens is 3. The summed E-state index contributed by atoms with van der Waals surface area (Å²) < 4.78 is 3.71. The van der Waals surface area contributed by atoms with Gasteiger partial charge in [0.2, 0.25) is 3.79 Å². The zero-order valence-electron chi connectivity index (χ0n) is 21.7. The van der Waals surface area contributed by atoms with E-state index >= 15 is 0 Å². The third-order valence-electron chi connectivity index (χ3n) is 5.86. The fourth-order valence-corrected chi connectivity index (χ4v) is 3.62. The summed E-state index contributed by atoms with van der Waals surface area (Å²) in [5.41, 5.74) is 4.92. The van der Waals surface area contributed by atoms with E-state index in [1.807, 2.05) is 49.4 Å². The standard InChI is InChI=1S/C31H33Cl3O2/c1-8-26-21(2)10-9-11-28(26)29(20-22(3)30(4,5)6)27(23-12-15-25(36-7)16-13-23)17-14-24(35)18-19-31(32,33)34/h8-20H,2H2,1,3-7H3. The first kappa shape index (κ1) is 29.7. The lowest BCUT2D eigenvalue weighted by Crippen LogP contribution is -2.26. The normalized spacial score (nSPS) is 14.5. The molecule has 0 fully saturated rings. The Bertz CT molecular complexity index is 1310. The molecule has 2 aromatic rings. The number of methoxy groups -OCH3 is 1. The molecule has 0 atom stereocenters. The first-order valence-corrected chi connectivity index (χ1v) is 12.7. The Labute approximate surface area is 229 Å². The van der Waals surface area contributed by atoms with Crippen LogP contribution in [-0.4, -0.2) is 16.7 Å². The molecule has 0 bridgehead atoms. The Morgan fingerprint density at radius 3 is 2.11 bits per heavy atom. The molecule has 2 nitrogen and oxygen atoms in total. The topological polar surface area (TPSA) is 26.3 Å². The second-order valence-electron chi connectivity index (χ2n) is 9.41. The highest BCUT2D eigenvalue weighted by Gasteiger charge is 2.17. The minimum Gasteiger partial charge on any atom is -0.497 e. The largest absolute Gasteiger partial charge is 0.497 e. The van der Waals surface area contributed by atoms with E-state index in [4.69, 9.17) is 39.5 Å². The zero-order valence-corrected chi connectivity index (χ0v) is 23.9. The molecule has 0 aliphatic rings. The molecular formula is C31H33Cl3O2. The molecule has 190 valence electrons. The lowest BCUT2D eigenvalue weighted by molar-refractivity contribution is -0.110. The Morgan fingerprint density at radius 1 is 0.944 bits per heavy atom. The highest BCUT2D eigenvalue weighted by molar-refractivity contribution is 6.69. The molecule has 0 radical (unpaired) electrons. The van der Waals surface area contributed by atoms with Crippen molar-refractivity contribution in [2.75, 3.05) is 7.11 Å². The van der Waals surface area contributed by atoms with Crippen LogP contribution < -0.4 is 15.2 Å². The molecule has 0 N–H and O–H groups in total. The molecule has 0 amide bonds. The van der Waals surface area contributed by atoms with Crippen molar-refractivity contribution in [1.29, 1.82) is 0 Å². The molecule has 0 saturated heterocycles. The molecule has 0 aromatic heterocycles. The van der Waals surface area contributed by atoms with Gasteiger partial charge in [-0.25, -0.2) is 0 Å². The summed E-state index contributed by atoms with van der Waals surface area (Å²) in [6.07, 6.45) is 10.0. The van der Waals surface area contributed by atoms with Gasteiger partial charge in [-0.1, -0.05) is 110 Å². The maximum absolute atomic E-state index is 12.6. The first-order valence-electron chi connectivity index (χ1n) is 11.6. The number of hydrogen-bond donors (Lipinski definition) is 0. The third kappa shape index (κ3) is 8.55. The second-order valence-corrected chi connectivity index (χ2v) is 11.8. The van der Waals surface area contributed by atoms with Gasteiger partial charge in [-0.05, 0) is 88.4 Å². The molecule has 0 saturated carbocycles. The van der Waals surface area contributed by atoms with Crippen LogP contribution >= 0.6 is 34.8 Å². The van der Waals surface area contributed by atoms with E-state index in [1.54, 1.807) is 7.11 Å². The Balaban J connectivity index is 2.95. The van der Waals surface area contributed by atoms with Crippen LogP contribution in [0.15, 0.2) is 78.4 Å². The quantitative estimate of drug-likeness (QED) is 0.154. The molecule has 0 spiro atoms. The maximum atomic E-state index is 12.6. The van der Waals surface area contributed by atoms with Crippen LogP contribution in [-0.2, 0) is 4.79 Å². The lowest BCUT2D eigenvalue weighted by Gasteiger charge is -2.22. The van der Waals surface area contributed by atoms with Gasteiger partial charge >= 0.3 is 0 Å². The van der Waals surface area contributed by atoms with Crippen LogP contribution in [0.25, 0.3) is 23.8 Å². The summed E-state index contributed by atoms with van der Waals surface area (Å²) in [6.45, 7) is 14.9. The molecule has 0 aliphatic heterocycles. The Hall–Kier alpha value is -2.52. The monoisotopic (exact) mass is 542 g/mol. The predicted molar refractivity (Wildman–Crippen MR) is 158 cm³/mol. The smallest absolute Gasteiger partial charge is 0.209 e. The second kappa shape index (κ2) is 12.6. The summed E-state index contributed by atoms with van der Waals surface area (Å²) >= 11 is 17.3. The SMILES string of the molecule is C=c1cccc(C(C=C(C)C(C)(C)C)=C(C=CC(=O)C=CC(Cl)(Cl)Cl)c2ccc(OC)cc2)c1=CC. The van der Waals surface area contributed by atoms with Gasteiger partial charge in [-0.15, -0.1) is 0 Å². The Morgan fingerprint density at radius 2 is 1.58 bits per heavy atom. The molecule has 0 unspecified atom stereocenters. The van der Waals surface area contributed by atoms with Gasteiger partial charge in [0, 0.05) is 0 Å². The first-order chi connectivity index (χ1) is 16.8. The average Bonchev–Trinajstić information content (AvgIpc) is 2.81. The van der Waals surface area contributed by atoms with Crippen molar-refractivity contribution >= 4 is 64.4 Å². The van der Waals surface area contributed by atoms with Crippen LogP contribution in [0.5, 0.6) is 5.75 Å². The average molecular weight is 544 g/mol. The molecule has 2 rings (SSSR count). The summed E-state index contributed by atoms with van der Waals surface area (Å²) in [4.78, 5) is 12.6. The van der Waals surface area contributed by atoms with E-state index in [0.29, 0.717) is 0 Å². The van der Waals surface area contributed by atoms with Gasteiger partial charge in [-0.2, -0.15) is 0 Å².